The van der Waals surface area contributed by atoms with Crippen molar-refractivity contribution in [3.05, 3.63) is 0 Å². The molecule has 1 heterocycles. The number of nitrogens with zero attached hydrogens (tertiary/aromatic N) is 1. The molecule has 5 heteroatoms. The molecule has 2 rings (SSSR count). The maximum absolute atomic E-state index is 12.3. The predicted octanol–water partition coefficient (Wildman–Crippen LogP) is 1.48. The molecule has 1 amide bonds. The third-order valence-corrected chi connectivity index (χ3v) is 4.69. The summed E-state index contributed by atoms with van der Waals surface area (Å²) < 4.78 is 0. The maximum Gasteiger partial charge on any atom is 0.306 e. The minimum atomic E-state index is -0.752. The van der Waals surface area contributed by atoms with Crippen LogP contribution in [-0.2, 0) is 9.59 Å². The highest BCUT2D eigenvalue weighted by atomic mass is 16.4. The van der Waals surface area contributed by atoms with Crippen molar-refractivity contribution in [2.24, 2.45) is 11.8 Å². The van der Waals surface area contributed by atoms with Gasteiger partial charge in [0.1, 0.15) is 0 Å². The Kier molecular flexibility index (Phi) is 5.40. The number of aliphatic carboxylic acids is 1. The number of amides is 1. The number of carbonyl (C=O) groups excluding carboxylic acids is 1. The van der Waals surface area contributed by atoms with Crippen LogP contribution in [0.5, 0.6) is 0 Å². The van der Waals surface area contributed by atoms with Crippen LogP contribution in [0.15, 0.2) is 0 Å². The molecule has 2 N–H and O–H groups in total. The zero-order valence-electron chi connectivity index (χ0n) is 12.3. The molecule has 0 aromatic heterocycles. The van der Waals surface area contributed by atoms with Crippen LogP contribution in [0.4, 0.5) is 0 Å². The highest BCUT2D eigenvalue weighted by molar-refractivity contribution is 5.80. The molecule has 0 bridgehead atoms. The quantitative estimate of drug-likeness (QED) is 0.819. The average Bonchev–Trinajstić information content (AvgIpc) is 2.47. The lowest BCUT2D eigenvalue weighted by atomic mass is 9.81. The van der Waals surface area contributed by atoms with E-state index < -0.39 is 5.97 Å². The van der Waals surface area contributed by atoms with Crippen LogP contribution in [0.2, 0.25) is 0 Å². The van der Waals surface area contributed by atoms with Crippen LogP contribution in [0.1, 0.15) is 45.4 Å². The molecule has 0 aromatic carbocycles. The molecule has 114 valence electrons. The van der Waals surface area contributed by atoms with Crippen molar-refractivity contribution >= 4 is 11.9 Å². The number of nitrogens with one attached hydrogen (secondary N) is 1. The number of carboxylic acid groups (broad SMARTS) is 1. The highest BCUT2D eigenvalue weighted by Gasteiger charge is 2.32. The van der Waals surface area contributed by atoms with Crippen molar-refractivity contribution in [3.63, 3.8) is 0 Å². The largest absolute Gasteiger partial charge is 0.481 e. The number of carboxylic acids is 1. The van der Waals surface area contributed by atoms with Crippen LogP contribution < -0.4 is 5.32 Å². The van der Waals surface area contributed by atoms with Gasteiger partial charge in [0.15, 0.2) is 0 Å². The molecule has 20 heavy (non-hydrogen) atoms. The van der Waals surface area contributed by atoms with E-state index in [2.05, 4.69) is 17.1 Å². The topological polar surface area (TPSA) is 69.6 Å². The van der Waals surface area contributed by atoms with Gasteiger partial charge < -0.3 is 15.3 Å². The zero-order chi connectivity index (χ0) is 14.5. The molecular weight excluding hydrogens is 256 g/mol. The molecule has 5 nitrogen and oxygen atoms in total. The van der Waals surface area contributed by atoms with Gasteiger partial charge in [-0.3, -0.25) is 9.59 Å². The maximum atomic E-state index is 12.3. The first kappa shape index (κ1) is 15.3. The van der Waals surface area contributed by atoms with Crippen LogP contribution in [0.3, 0.4) is 0 Å². The van der Waals surface area contributed by atoms with Gasteiger partial charge in [-0.15, -0.1) is 0 Å². The van der Waals surface area contributed by atoms with Gasteiger partial charge in [0, 0.05) is 18.5 Å². The molecule has 0 radical (unpaired) electrons. The van der Waals surface area contributed by atoms with Gasteiger partial charge >= 0.3 is 5.97 Å². The van der Waals surface area contributed by atoms with E-state index in [0.29, 0.717) is 12.8 Å². The van der Waals surface area contributed by atoms with Crippen molar-refractivity contribution in [2.75, 3.05) is 19.6 Å². The summed E-state index contributed by atoms with van der Waals surface area (Å²) >= 11 is 0. The molecule has 0 spiro atoms. The highest BCUT2D eigenvalue weighted by Crippen LogP contribution is 2.29. The second kappa shape index (κ2) is 7.07. The van der Waals surface area contributed by atoms with Crippen LogP contribution in [0.25, 0.3) is 0 Å². The van der Waals surface area contributed by atoms with Crippen molar-refractivity contribution in [1.82, 2.24) is 10.2 Å². The van der Waals surface area contributed by atoms with Crippen molar-refractivity contribution in [2.45, 2.75) is 51.5 Å². The van der Waals surface area contributed by atoms with E-state index in [-0.39, 0.29) is 23.8 Å². The summed E-state index contributed by atoms with van der Waals surface area (Å²) in [5.41, 5.74) is 0. The van der Waals surface area contributed by atoms with E-state index in [0.717, 1.165) is 45.3 Å². The lowest BCUT2D eigenvalue weighted by Gasteiger charge is -2.34. The molecular formula is C15H26N2O3. The molecule has 2 aliphatic rings. The summed E-state index contributed by atoms with van der Waals surface area (Å²) in [6.07, 6.45) is 5.07. The fraction of sp³-hybridized carbons (Fsp3) is 0.867. The molecule has 3 atom stereocenters. The fourth-order valence-electron chi connectivity index (χ4n) is 3.43. The summed E-state index contributed by atoms with van der Waals surface area (Å²) in [7, 11) is 0. The van der Waals surface area contributed by atoms with Crippen LogP contribution in [-0.4, -0.2) is 47.6 Å². The summed E-state index contributed by atoms with van der Waals surface area (Å²) in [6, 6.07) is 0.237. The molecule has 2 fully saturated rings. The smallest absolute Gasteiger partial charge is 0.306 e. The Morgan fingerprint density at radius 3 is 2.65 bits per heavy atom. The monoisotopic (exact) mass is 282 g/mol. The minimum absolute atomic E-state index is 0.0684. The van der Waals surface area contributed by atoms with Gasteiger partial charge in [-0.2, -0.15) is 0 Å². The predicted molar refractivity (Wildman–Crippen MR) is 76.4 cm³/mol. The number of piperidine rings is 1. The van der Waals surface area contributed by atoms with Gasteiger partial charge in [-0.25, -0.2) is 0 Å². The van der Waals surface area contributed by atoms with Crippen molar-refractivity contribution in [3.8, 4) is 0 Å². The molecule has 1 saturated carbocycles. The van der Waals surface area contributed by atoms with E-state index in [1.54, 1.807) is 0 Å². The standard InChI is InChI=1S/C15H26N2O3/c1-2-17-8-4-7-13(10-17)16-14(18)11-5-3-6-12(9-11)15(19)20/h11-13H,2-10H2,1H3,(H,16,18)(H,19,20). The van der Waals surface area contributed by atoms with Gasteiger partial charge in [0.05, 0.1) is 5.92 Å². The summed E-state index contributed by atoms with van der Waals surface area (Å²) in [6.45, 7) is 5.21. The second-order valence-corrected chi connectivity index (χ2v) is 6.14. The van der Waals surface area contributed by atoms with E-state index in [9.17, 15) is 9.59 Å². The van der Waals surface area contributed by atoms with E-state index >= 15 is 0 Å². The third kappa shape index (κ3) is 3.95. The third-order valence-electron chi connectivity index (χ3n) is 4.69. The average molecular weight is 282 g/mol. The minimum Gasteiger partial charge on any atom is -0.481 e. The normalized spacial score (nSPS) is 31.8. The lowest BCUT2D eigenvalue weighted by molar-refractivity contribution is -0.144. The van der Waals surface area contributed by atoms with Gasteiger partial charge in [-0.05, 0) is 45.2 Å². The molecule has 1 aliphatic heterocycles. The number of hydrogen-bond donors (Lipinski definition) is 2. The number of likely N-dealkylation sites (tertiary alicyclic amines) is 1. The Hall–Kier alpha value is -1.10. The summed E-state index contributed by atoms with van der Waals surface area (Å²) in [5, 5.41) is 12.2. The first-order valence-electron chi connectivity index (χ1n) is 7.85. The van der Waals surface area contributed by atoms with Crippen LogP contribution >= 0.6 is 0 Å². The van der Waals surface area contributed by atoms with Gasteiger partial charge in [0.2, 0.25) is 5.91 Å². The zero-order valence-corrected chi connectivity index (χ0v) is 12.3. The first-order valence-corrected chi connectivity index (χ1v) is 7.85. The number of rotatable bonds is 4. The fourth-order valence-corrected chi connectivity index (χ4v) is 3.43. The molecule has 1 aliphatic carbocycles. The van der Waals surface area contributed by atoms with E-state index in [1.807, 2.05) is 0 Å². The Balaban J connectivity index is 1.83. The van der Waals surface area contributed by atoms with Gasteiger partial charge in [0.25, 0.3) is 0 Å². The Morgan fingerprint density at radius 1 is 1.20 bits per heavy atom. The Labute approximate surface area is 120 Å². The second-order valence-electron chi connectivity index (χ2n) is 6.14. The van der Waals surface area contributed by atoms with Crippen molar-refractivity contribution < 1.29 is 14.7 Å². The first-order chi connectivity index (χ1) is 9.60. The summed E-state index contributed by atoms with van der Waals surface area (Å²) in [5.74, 6) is -1.13. The molecule has 1 saturated heterocycles. The molecule has 3 unspecified atom stereocenters. The van der Waals surface area contributed by atoms with Crippen LogP contribution in [0, 0.1) is 11.8 Å². The lowest BCUT2D eigenvalue weighted by Crippen LogP contribution is -2.49. The Bertz CT molecular complexity index is 359. The molecule has 0 aromatic rings. The number of carbonyl (C=O) groups is 2. The number of hydrogen-bond acceptors (Lipinski definition) is 3. The number of likely N-dealkylation sites (N-methyl/N-ethyl adjacent to an activating group) is 1. The van der Waals surface area contributed by atoms with E-state index in [4.69, 9.17) is 5.11 Å². The Morgan fingerprint density at radius 2 is 1.95 bits per heavy atom. The van der Waals surface area contributed by atoms with Gasteiger partial charge in [-0.1, -0.05) is 13.3 Å². The SMILES string of the molecule is CCN1CCCC(NC(=O)C2CCCC(C(=O)O)C2)C1. The van der Waals surface area contributed by atoms with Crippen molar-refractivity contribution in [1.29, 1.82) is 0 Å². The summed E-state index contributed by atoms with van der Waals surface area (Å²) in [4.78, 5) is 25.7. The van der Waals surface area contributed by atoms with E-state index in [1.165, 1.54) is 0 Å².